The van der Waals surface area contributed by atoms with E-state index < -0.39 is 7.83 Å². The van der Waals surface area contributed by atoms with Crippen molar-refractivity contribution in [2.24, 2.45) is 0 Å². The lowest BCUT2D eigenvalue weighted by Crippen LogP contribution is -2.51. The third kappa shape index (κ3) is 4.66. The number of hydrogen-bond donors (Lipinski definition) is 0. The summed E-state index contributed by atoms with van der Waals surface area (Å²) >= 11 is 0. The van der Waals surface area contributed by atoms with Gasteiger partial charge in [-0.2, -0.15) is 0 Å². The Morgan fingerprint density at radius 2 is 0.833 bits per heavy atom. The summed E-state index contributed by atoms with van der Waals surface area (Å²) in [6.07, 6.45) is 0. The third-order valence-corrected chi connectivity index (χ3v) is 22.8. The van der Waals surface area contributed by atoms with Gasteiger partial charge in [-0.3, -0.25) is 0 Å². The number of hydrogen-bond acceptors (Lipinski definition) is 0. The van der Waals surface area contributed by atoms with Crippen LogP contribution in [0.4, 0.5) is 0 Å². The monoisotopic (exact) mass is 362 g/mol. The zero-order valence-electron chi connectivity index (χ0n) is 14.9. The van der Waals surface area contributed by atoms with Gasteiger partial charge < -0.3 is 0 Å². The predicted molar refractivity (Wildman–Crippen MR) is 117 cm³/mol. The maximum atomic E-state index is 2.43. The first kappa shape index (κ1) is 17.1. The molecule has 0 N–H and O–H groups in total. The molecule has 0 heterocycles. The van der Waals surface area contributed by atoms with E-state index in [9.17, 15) is 0 Å². The largest absolute Gasteiger partial charge is 0.0696 e. The van der Waals surface area contributed by atoms with E-state index in [0.29, 0.717) is 0 Å². The first-order valence-corrected chi connectivity index (χ1v) is 17.3. The second-order valence-electron chi connectivity index (χ2n) is 6.99. The molecular formula is C21H26Si3. The summed E-state index contributed by atoms with van der Waals surface area (Å²) in [4.78, 5) is 0. The second-order valence-corrected chi connectivity index (χ2v) is 23.3. The lowest BCUT2D eigenvalue weighted by Gasteiger charge is -2.16. The molecule has 0 saturated heterocycles. The second kappa shape index (κ2) is 7.92. The van der Waals surface area contributed by atoms with Gasteiger partial charge >= 0.3 is 0 Å². The van der Waals surface area contributed by atoms with E-state index in [1.807, 2.05) is 0 Å². The molecule has 3 heteroatoms. The van der Waals surface area contributed by atoms with Crippen LogP contribution >= 0.6 is 0 Å². The smallest absolute Gasteiger partial charge is 0.0564 e. The van der Waals surface area contributed by atoms with Crippen LogP contribution in [-0.4, -0.2) is 25.9 Å². The molecule has 0 fully saturated rings. The molecule has 0 amide bonds. The summed E-state index contributed by atoms with van der Waals surface area (Å²) in [6.45, 7) is 6.55. The van der Waals surface area contributed by atoms with E-state index in [1.54, 1.807) is 15.6 Å². The zero-order chi connectivity index (χ0) is 16.9. The van der Waals surface area contributed by atoms with Gasteiger partial charge in [0.1, 0.15) is 0 Å². The Bertz CT molecular complexity index is 727. The van der Waals surface area contributed by atoms with E-state index in [4.69, 9.17) is 0 Å². The maximum absolute atomic E-state index is 2.43. The van der Waals surface area contributed by atoms with E-state index in [2.05, 4.69) is 93.6 Å². The van der Waals surface area contributed by atoms with Crippen molar-refractivity contribution in [3.8, 4) is 0 Å². The summed E-state index contributed by atoms with van der Waals surface area (Å²) in [6, 6.07) is 28.2. The summed E-state index contributed by atoms with van der Waals surface area (Å²) in [5.74, 6) is 0. The van der Waals surface area contributed by atoms with Crippen molar-refractivity contribution >= 4 is 41.5 Å². The van der Waals surface area contributed by atoms with Gasteiger partial charge in [-0.25, -0.2) is 0 Å². The van der Waals surface area contributed by atoms with Gasteiger partial charge in [0, 0.05) is 18.1 Å². The fraction of sp³-hybridized carbons (Fsp3) is 0.143. The van der Waals surface area contributed by atoms with Crippen LogP contribution in [-0.2, 0) is 0 Å². The van der Waals surface area contributed by atoms with Gasteiger partial charge in [0.15, 0.2) is 0 Å². The first-order valence-electron chi connectivity index (χ1n) is 8.78. The Morgan fingerprint density at radius 3 is 1.21 bits per heavy atom. The highest BCUT2D eigenvalue weighted by atomic mass is 29.6. The topological polar surface area (TPSA) is 0 Å². The Hall–Kier alpha value is -1.69. The molecule has 0 atom stereocenters. The molecule has 3 aromatic rings. The quantitative estimate of drug-likeness (QED) is 0.595. The van der Waals surface area contributed by atoms with Gasteiger partial charge in [-0.15, -0.1) is 0 Å². The van der Waals surface area contributed by atoms with Crippen LogP contribution in [0.2, 0.25) is 0 Å². The van der Waals surface area contributed by atoms with E-state index in [1.165, 1.54) is 16.7 Å². The van der Waals surface area contributed by atoms with Crippen molar-refractivity contribution in [3.63, 3.8) is 0 Å². The third-order valence-electron chi connectivity index (χ3n) is 4.75. The SMILES string of the molecule is Cc1ccc([SiH2][SiH]([SiH2]c2ccc(C)cc2)c2ccc(C)cc2)cc1. The summed E-state index contributed by atoms with van der Waals surface area (Å²) in [5, 5.41) is 5.00. The number of benzene rings is 3. The minimum Gasteiger partial charge on any atom is -0.0696 e. The maximum Gasteiger partial charge on any atom is 0.0564 e. The van der Waals surface area contributed by atoms with Crippen LogP contribution < -0.4 is 15.6 Å². The highest BCUT2D eigenvalue weighted by Gasteiger charge is 2.16. The van der Waals surface area contributed by atoms with Crippen molar-refractivity contribution in [3.05, 3.63) is 89.5 Å². The zero-order valence-corrected chi connectivity index (χ0v) is 18.9. The Labute approximate surface area is 151 Å². The minimum atomic E-state index is -0.820. The Morgan fingerprint density at radius 1 is 0.500 bits per heavy atom. The average Bonchev–Trinajstić information content (AvgIpc) is 2.59. The van der Waals surface area contributed by atoms with Gasteiger partial charge in [0.2, 0.25) is 0 Å². The Kier molecular flexibility index (Phi) is 5.66. The summed E-state index contributed by atoms with van der Waals surface area (Å²) in [5.41, 5.74) is 4.12. The van der Waals surface area contributed by atoms with Gasteiger partial charge in [-0.1, -0.05) is 105 Å². The number of aryl methyl sites for hydroxylation is 3. The van der Waals surface area contributed by atoms with Crippen molar-refractivity contribution in [1.29, 1.82) is 0 Å². The van der Waals surface area contributed by atoms with E-state index in [0.717, 1.165) is 0 Å². The molecule has 0 aromatic heterocycles. The molecule has 0 nitrogen and oxygen atoms in total. The predicted octanol–water partition coefficient (Wildman–Crippen LogP) is 1.03. The van der Waals surface area contributed by atoms with Crippen LogP contribution in [0.3, 0.4) is 0 Å². The Balaban J connectivity index is 1.86. The molecule has 0 radical (unpaired) electrons. The van der Waals surface area contributed by atoms with Crippen LogP contribution in [0.1, 0.15) is 16.7 Å². The molecule has 3 aromatic carbocycles. The van der Waals surface area contributed by atoms with Gasteiger partial charge in [0.05, 0.1) is 7.83 Å². The van der Waals surface area contributed by atoms with Gasteiger partial charge in [0.25, 0.3) is 0 Å². The lowest BCUT2D eigenvalue weighted by molar-refractivity contribution is 1.49. The minimum absolute atomic E-state index is 0.177. The molecule has 0 aliphatic carbocycles. The molecule has 0 bridgehead atoms. The molecular weight excluding hydrogens is 336 g/mol. The van der Waals surface area contributed by atoms with Crippen molar-refractivity contribution in [2.45, 2.75) is 20.8 Å². The summed E-state index contributed by atoms with van der Waals surface area (Å²) < 4.78 is 0. The normalized spacial score (nSPS) is 13.1. The summed E-state index contributed by atoms with van der Waals surface area (Å²) in [7, 11) is -1.17. The standard InChI is InChI=1S/C21H26Si3/c1-16-4-10-19(11-5-16)22-24(21-14-8-18(3)9-15-21)23-20-12-6-17(2)7-13-20/h4-15,24H,22-23H2,1-3H3. The molecule has 0 spiro atoms. The van der Waals surface area contributed by atoms with Gasteiger partial charge in [-0.05, 0) is 20.8 Å². The first-order chi connectivity index (χ1) is 11.6. The highest BCUT2D eigenvalue weighted by Crippen LogP contribution is 1.98. The lowest BCUT2D eigenvalue weighted by atomic mass is 10.2. The molecule has 0 saturated carbocycles. The molecule has 3 rings (SSSR count). The molecule has 122 valence electrons. The van der Waals surface area contributed by atoms with Crippen LogP contribution in [0.25, 0.3) is 0 Å². The highest BCUT2D eigenvalue weighted by molar-refractivity contribution is 7.49. The van der Waals surface area contributed by atoms with Crippen LogP contribution in [0.15, 0.2) is 72.8 Å². The van der Waals surface area contributed by atoms with E-state index in [-0.39, 0.29) is 18.1 Å². The molecule has 0 aliphatic rings. The van der Waals surface area contributed by atoms with Crippen LogP contribution in [0.5, 0.6) is 0 Å². The fourth-order valence-corrected chi connectivity index (χ4v) is 22.5. The molecule has 0 aliphatic heterocycles. The average molecular weight is 363 g/mol. The van der Waals surface area contributed by atoms with E-state index >= 15 is 0 Å². The van der Waals surface area contributed by atoms with Crippen LogP contribution in [0, 0.1) is 20.8 Å². The van der Waals surface area contributed by atoms with Crippen molar-refractivity contribution in [1.82, 2.24) is 0 Å². The van der Waals surface area contributed by atoms with Crippen molar-refractivity contribution < 1.29 is 0 Å². The van der Waals surface area contributed by atoms with Crippen molar-refractivity contribution in [2.75, 3.05) is 0 Å². The fourth-order valence-electron chi connectivity index (χ4n) is 3.16. The molecule has 24 heavy (non-hydrogen) atoms. The molecule has 0 unspecified atom stereocenters. The number of rotatable bonds is 5.